The first-order chi connectivity index (χ1) is 11.5. The summed E-state index contributed by atoms with van der Waals surface area (Å²) in [5.74, 6) is 0.589. The minimum absolute atomic E-state index is 0.0399. The van der Waals surface area contributed by atoms with Crippen LogP contribution in [0.1, 0.15) is 46.5 Å². The first kappa shape index (κ1) is 19.0. The van der Waals surface area contributed by atoms with Gasteiger partial charge in [0, 0.05) is 26.2 Å². The molecule has 0 aromatic heterocycles. The highest BCUT2D eigenvalue weighted by Crippen LogP contribution is 2.20. The molecule has 0 bridgehead atoms. The summed E-state index contributed by atoms with van der Waals surface area (Å²) >= 11 is 0. The summed E-state index contributed by atoms with van der Waals surface area (Å²) in [6.07, 6.45) is 4.13. The third-order valence-corrected chi connectivity index (χ3v) is 4.80. The zero-order valence-electron chi connectivity index (χ0n) is 15.5. The van der Waals surface area contributed by atoms with Gasteiger partial charge in [0.1, 0.15) is 0 Å². The lowest BCUT2D eigenvalue weighted by atomic mass is 10.0. The van der Waals surface area contributed by atoms with Gasteiger partial charge in [-0.1, -0.05) is 27.2 Å². The highest BCUT2D eigenvalue weighted by atomic mass is 16.6. The van der Waals surface area contributed by atoms with E-state index in [1.165, 1.54) is 6.42 Å². The lowest BCUT2D eigenvalue weighted by Gasteiger charge is -2.40. The normalized spacial score (nSPS) is 22.8. The average Bonchev–Trinajstić information content (AvgIpc) is 2.60. The van der Waals surface area contributed by atoms with Crippen LogP contribution in [0.5, 0.6) is 0 Å². The lowest BCUT2D eigenvalue weighted by molar-refractivity contribution is -0.140. The summed E-state index contributed by atoms with van der Waals surface area (Å²) in [6, 6.07) is 0.0399. The van der Waals surface area contributed by atoms with Crippen molar-refractivity contribution in [2.75, 3.05) is 45.9 Å². The molecule has 0 radical (unpaired) electrons. The van der Waals surface area contributed by atoms with Crippen LogP contribution in [0.2, 0.25) is 0 Å². The number of likely N-dealkylation sites (tertiary alicyclic amines) is 1. The lowest BCUT2D eigenvalue weighted by Crippen LogP contribution is -2.57. The van der Waals surface area contributed by atoms with E-state index in [0.717, 1.165) is 32.4 Å². The molecule has 0 aromatic rings. The van der Waals surface area contributed by atoms with Gasteiger partial charge in [0.2, 0.25) is 5.91 Å². The van der Waals surface area contributed by atoms with E-state index >= 15 is 0 Å². The summed E-state index contributed by atoms with van der Waals surface area (Å²) in [4.78, 5) is 30.9. The van der Waals surface area contributed by atoms with Crippen molar-refractivity contribution in [1.82, 2.24) is 14.7 Å². The Bertz CT molecular complexity index is 418. The Balaban J connectivity index is 1.82. The number of hydrogen-bond acceptors (Lipinski definition) is 4. The molecule has 2 amide bonds. The number of carbonyl (C=O) groups is 2. The molecule has 0 spiro atoms. The average molecular weight is 339 g/mol. The summed E-state index contributed by atoms with van der Waals surface area (Å²) in [5.41, 5.74) is 0. The molecule has 2 saturated heterocycles. The molecule has 0 aliphatic carbocycles. The van der Waals surface area contributed by atoms with E-state index in [1.807, 2.05) is 18.7 Å². The topological polar surface area (TPSA) is 53.1 Å². The minimum Gasteiger partial charge on any atom is -0.449 e. The monoisotopic (exact) mass is 339 g/mol. The Labute approximate surface area is 146 Å². The van der Waals surface area contributed by atoms with Gasteiger partial charge >= 0.3 is 6.09 Å². The van der Waals surface area contributed by atoms with Gasteiger partial charge in [-0.25, -0.2) is 4.79 Å². The summed E-state index contributed by atoms with van der Waals surface area (Å²) in [7, 11) is 0. The quantitative estimate of drug-likeness (QED) is 0.770. The van der Waals surface area contributed by atoms with Crippen LogP contribution in [0.25, 0.3) is 0 Å². The van der Waals surface area contributed by atoms with Crippen LogP contribution >= 0.6 is 0 Å². The Hall–Kier alpha value is -1.30. The fraction of sp³-hybridized carbons (Fsp3) is 0.889. The number of ether oxygens (including phenoxy) is 1. The molecule has 1 unspecified atom stereocenters. The Morgan fingerprint density at radius 2 is 1.71 bits per heavy atom. The molecule has 2 rings (SSSR count). The van der Waals surface area contributed by atoms with Gasteiger partial charge in [0.15, 0.2) is 0 Å². The van der Waals surface area contributed by atoms with Crippen molar-refractivity contribution in [3.05, 3.63) is 0 Å². The van der Waals surface area contributed by atoms with Gasteiger partial charge in [-0.15, -0.1) is 0 Å². The van der Waals surface area contributed by atoms with E-state index in [9.17, 15) is 9.59 Å². The predicted molar refractivity (Wildman–Crippen MR) is 93.8 cm³/mol. The first-order valence-corrected chi connectivity index (χ1v) is 9.47. The van der Waals surface area contributed by atoms with Crippen molar-refractivity contribution in [1.29, 1.82) is 0 Å². The van der Waals surface area contributed by atoms with Gasteiger partial charge < -0.3 is 14.5 Å². The Kier molecular flexibility index (Phi) is 7.34. The van der Waals surface area contributed by atoms with Crippen molar-refractivity contribution in [3.63, 3.8) is 0 Å². The molecule has 6 heteroatoms. The van der Waals surface area contributed by atoms with Gasteiger partial charge in [0.05, 0.1) is 12.6 Å². The highest BCUT2D eigenvalue weighted by molar-refractivity contribution is 5.82. The number of carbonyl (C=O) groups excluding carboxylic acids is 2. The molecule has 1 atom stereocenters. The third-order valence-electron chi connectivity index (χ3n) is 4.80. The molecular formula is C18H33N3O3. The largest absolute Gasteiger partial charge is 0.449 e. The molecular weight excluding hydrogens is 306 g/mol. The molecule has 2 fully saturated rings. The maximum Gasteiger partial charge on any atom is 0.409 e. The minimum atomic E-state index is -0.249. The van der Waals surface area contributed by atoms with Gasteiger partial charge in [0.25, 0.3) is 0 Å². The maximum absolute atomic E-state index is 12.9. The number of hydrogen-bond donors (Lipinski definition) is 0. The molecule has 0 N–H and O–H groups in total. The van der Waals surface area contributed by atoms with Crippen LogP contribution in [0.4, 0.5) is 4.79 Å². The van der Waals surface area contributed by atoms with Crippen molar-refractivity contribution in [3.8, 4) is 0 Å². The summed E-state index contributed by atoms with van der Waals surface area (Å²) in [6.45, 7) is 11.1. The third kappa shape index (κ3) is 5.10. The van der Waals surface area contributed by atoms with Crippen molar-refractivity contribution in [2.45, 2.75) is 52.5 Å². The zero-order chi connectivity index (χ0) is 17.5. The number of piperazine rings is 1. The standard InChI is InChI=1S/C18H33N3O3/c1-4-8-19-9-6-5-7-16(19)17(22)20-10-12-21(13-11-20)18(23)24-14-15(2)3/h15-16H,4-14H2,1-3H3. The van der Waals surface area contributed by atoms with Crippen molar-refractivity contribution < 1.29 is 14.3 Å². The van der Waals surface area contributed by atoms with E-state index < -0.39 is 0 Å². The maximum atomic E-state index is 12.9. The number of piperidine rings is 1. The Morgan fingerprint density at radius 3 is 2.33 bits per heavy atom. The number of amides is 2. The molecule has 6 nitrogen and oxygen atoms in total. The molecule has 0 aromatic carbocycles. The summed E-state index contributed by atoms with van der Waals surface area (Å²) < 4.78 is 5.28. The van der Waals surface area contributed by atoms with E-state index in [1.54, 1.807) is 4.90 Å². The molecule has 2 aliphatic heterocycles. The SMILES string of the molecule is CCCN1CCCCC1C(=O)N1CCN(C(=O)OCC(C)C)CC1. The van der Waals surface area contributed by atoms with Crippen LogP contribution in [0.3, 0.4) is 0 Å². The molecule has 138 valence electrons. The predicted octanol–water partition coefficient (Wildman–Crippen LogP) is 2.19. The van der Waals surface area contributed by atoms with E-state index in [2.05, 4.69) is 11.8 Å². The second-order valence-electron chi connectivity index (χ2n) is 7.33. The van der Waals surface area contributed by atoms with Gasteiger partial charge in [-0.2, -0.15) is 0 Å². The van der Waals surface area contributed by atoms with Crippen LogP contribution < -0.4 is 0 Å². The molecule has 2 aliphatic rings. The van der Waals surface area contributed by atoms with Crippen LogP contribution in [-0.2, 0) is 9.53 Å². The van der Waals surface area contributed by atoms with Crippen molar-refractivity contribution in [2.24, 2.45) is 5.92 Å². The van der Waals surface area contributed by atoms with Gasteiger partial charge in [-0.05, 0) is 38.3 Å². The van der Waals surface area contributed by atoms with E-state index in [4.69, 9.17) is 4.74 Å². The second kappa shape index (κ2) is 9.25. The molecule has 0 saturated carbocycles. The van der Waals surface area contributed by atoms with Crippen LogP contribution in [0, 0.1) is 5.92 Å². The second-order valence-corrected chi connectivity index (χ2v) is 7.33. The molecule has 2 heterocycles. The Morgan fingerprint density at radius 1 is 1.04 bits per heavy atom. The van der Waals surface area contributed by atoms with Crippen LogP contribution in [0.15, 0.2) is 0 Å². The smallest absolute Gasteiger partial charge is 0.409 e. The van der Waals surface area contributed by atoms with Gasteiger partial charge in [-0.3, -0.25) is 9.69 Å². The molecule has 24 heavy (non-hydrogen) atoms. The van der Waals surface area contributed by atoms with Crippen molar-refractivity contribution >= 4 is 12.0 Å². The fourth-order valence-electron chi connectivity index (χ4n) is 3.47. The summed E-state index contributed by atoms with van der Waals surface area (Å²) in [5, 5.41) is 0. The van der Waals surface area contributed by atoms with Crippen LogP contribution in [-0.4, -0.2) is 78.6 Å². The number of nitrogens with zero attached hydrogens (tertiary/aromatic N) is 3. The first-order valence-electron chi connectivity index (χ1n) is 9.47. The zero-order valence-corrected chi connectivity index (χ0v) is 15.5. The van der Waals surface area contributed by atoms with E-state index in [-0.39, 0.29) is 18.0 Å². The number of rotatable bonds is 5. The highest BCUT2D eigenvalue weighted by Gasteiger charge is 2.33. The fourth-order valence-corrected chi connectivity index (χ4v) is 3.47. The van der Waals surface area contributed by atoms with E-state index in [0.29, 0.717) is 38.7 Å².